The summed E-state index contributed by atoms with van der Waals surface area (Å²) in [4.78, 5) is 155. The summed E-state index contributed by atoms with van der Waals surface area (Å²) >= 11 is 0. The van der Waals surface area contributed by atoms with Gasteiger partial charge in [0.1, 0.15) is 78.1 Å². The quantitative estimate of drug-likeness (QED) is 0.0667. The van der Waals surface area contributed by atoms with Crippen LogP contribution >= 0.6 is 0 Å². The number of fused-ring (bicyclic) bond motifs is 1. The van der Waals surface area contributed by atoms with Gasteiger partial charge in [-0.3, -0.25) is 47.9 Å². The highest BCUT2D eigenvalue weighted by Crippen LogP contribution is 2.26. The normalized spacial score (nSPS) is 25.0. The van der Waals surface area contributed by atoms with Crippen LogP contribution in [-0.4, -0.2) is 175 Å². The van der Waals surface area contributed by atoms with Gasteiger partial charge in [0.15, 0.2) is 0 Å². The molecule has 2 heterocycles. The second kappa shape index (κ2) is 31.0. The van der Waals surface area contributed by atoms with Crippen LogP contribution in [0.15, 0.2) is 109 Å². The first-order chi connectivity index (χ1) is 41.3. The molecule has 2 aliphatic rings. The molecule has 4 aromatic rings. The van der Waals surface area contributed by atoms with Gasteiger partial charge in [0.05, 0.1) is 19.2 Å². The third-order valence-corrected chi connectivity index (χ3v) is 14.5. The van der Waals surface area contributed by atoms with Crippen LogP contribution in [0.2, 0.25) is 0 Å². The van der Waals surface area contributed by atoms with E-state index in [1.807, 2.05) is 0 Å². The van der Waals surface area contributed by atoms with Crippen LogP contribution < -0.4 is 48.3 Å². The van der Waals surface area contributed by atoms with Crippen LogP contribution in [0, 0.1) is 5.92 Å². The minimum absolute atomic E-state index is 0.0172. The maximum atomic E-state index is 14.6. The molecule has 4 aromatic carbocycles. The van der Waals surface area contributed by atoms with Gasteiger partial charge in [0.2, 0.25) is 53.2 Å². The van der Waals surface area contributed by atoms with Crippen molar-refractivity contribution in [2.75, 3.05) is 19.6 Å². The summed E-state index contributed by atoms with van der Waals surface area (Å²) in [6.45, 7) is 2.22. The number of aliphatic hydroxyl groups is 3. The predicted octanol–water partition coefficient (Wildman–Crippen LogP) is -2.23. The van der Waals surface area contributed by atoms with Crippen LogP contribution in [0.3, 0.4) is 0 Å². The van der Waals surface area contributed by atoms with Crippen LogP contribution in [0.5, 0.6) is 11.5 Å². The number of hydrogen-bond donors (Lipinski definition) is 15. The molecule has 87 heavy (non-hydrogen) atoms. The number of hydrogen-bond acceptors (Lipinski definition) is 18. The van der Waals surface area contributed by atoms with E-state index in [0.29, 0.717) is 5.56 Å². The number of benzene rings is 4. The van der Waals surface area contributed by atoms with Gasteiger partial charge in [-0.15, -0.1) is 0 Å². The first-order valence-electron chi connectivity index (χ1n) is 27.9. The standard InChI is InChI=1S/C59H72N10O18/c1-30(2)49(76)46-55(82)62-29-41(72)65-47(50(77)35-18-22-37(71)23-19-35)57(84)64-39(27-32-11-6-4-7-12-32)59(86)87-31(3)44(60)54(81)67-45(33-16-20-36(70)21-17-33)56(83)63-38(24-25-43(74)75)52(79)61-28-42(73)66-48(51(78)34-13-8-5-9-14-34)58(85)69-26-10-15-40(69)53(80)68-46/h4-9,11-14,16-23,30-31,38-40,44-51,70-71,76-78H,10,15,24-29,60H2,1-3H3,(H,61,79)(H,62,82)(H,63,83)(H,64,84)(H,65,72)(H,66,73)(H,67,81)(H,68,80)(H,74,75)/t31-,38+,39-,40+,44+,45+,46-,47-,48+,49+,50+,51+/m1/s1. The van der Waals surface area contributed by atoms with E-state index in [2.05, 4.69) is 42.5 Å². The third-order valence-electron chi connectivity index (χ3n) is 14.5. The molecule has 2 fully saturated rings. The number of aliphatic carboxylic acids is 1. The fourth-order valence-corrected chi connectivity index (χ4v) is 9.56. The number of aliphatic hydroxyl groups excluding tert-OH is 3. The van der Waals surface area contributed by atoms with Gasteiger partial charge in [-0.1, -0.05) is 98.8 Å². The van der Waals surface area contributed by atoms with Crippen molar-refractivity contribution in [3.05, 3.63) is 131 Å². The first-order valence-corrected chi connectivity index (χ1v) is 27.9. The number of aromatic hydroxyl groups is 2. The van der Waals surface area contributed by atoms with E-state index in [1.54, 1.807) is 36.4 Å². The molecular formula is C59H72N10O18. The zero-order chi connectivity index (χ0) is 63.6. The average molecular weight is 1210 g/mol. The Hall–Kier alpha value is -9.51. The number of phenols is 2. The van der Waals surface area contributed by atoms with Crippen molar-refractivity contribution in [1.29, 1.82) is 0 Å². The smallest absolute Gasteiger partial charge is 0.329 e. The number of esters is 1. The molecule has 6 rings (SSSR count). The Morgan fingerprint density at radius 3 is 1.75 bits per heavy atom. The fourth-order valence-electron chi connectivity index (χ4n) is 9.56. The molecule has 16 N–H and O–H groups in total. The number of amides is 9. The first kappa shape index (κ1) is 66.6. The summed E-state index contributed by atoms with van der Waals surface area (Å²) < 4.78 is 5.67. The molecule has 466 valence electrons. The van der Waals surface area contributed by atoms with Gasteiger partial charge < -0.3 is 88.5 Å². The number of carboxylic acid groups (broad SMARTS) is 1. The Balaban J connectivity index is 1.39. The number of nitrogens with one attached hydrogen (secondary N) is 8. The third kappa shape index (κ3) is 18.5. The monoisotopic (exact) mass is 1210 g/mol. The van der Waals surface area contributed by atoms with Gasteiger partial charge in [0.25, 0.3) is 0 Å². The van der Waals surface area contributed by atoms with Crippen molar-refractivity contribution in [3.63, 3.8) is 0 Å². The van der Waals surface area contributed by atoms with Crippen LogP contribution in [0.1, 0.15) is 87.0 Å². The lowest BCUT2D eigenvalue weighted by atomic mass is 9.98. The van der Waals surface area contributed by atoms with E-state index in [4.69, 9.17) is 10.5 Å². The Bertz CT molecular complexity index is 3100. The van der Waals surface area contributed by atoms with Crippen molar-refractivity contribution in [3.8, 4) is 11.5 Å². The molecule has 28 nitrogen and oxygen atoms in total. The van der Waals surface area contributed by atoms with Crippen LogP contribution in [-0.2, 0) is 63.9 Å². The average Bonchev–Trinajstić information content (AvgIpc) is 2.86. The van der Waals surface area contributed by atoms with Gasteiger partial charge in [-0.05, 0) is 78.6 Å². The van der Waals surface area contributed by atoms with E-state index in [-0.39, 0.29) is 54.0 Å². The van der Waals surface area contributed by atoms with E-state index >= 15 is 0 Å². The largest absolute Gasteiger partial charge is 0.508 e. The lowest BCUT2D eigenvalue weighted by Crippen LogP contribution is -2.61. The number of carbonyl (C=O) groups is 11. The summed E-state index contributed by atoms with van der Waals surface area (Å²) in [6, 6.07) is 11.3. The highest BCUT2D eigenvalue weighted by molar-refractivity contribution is 5.98. The molecule has 2 saturated heterocycles. The number of nitrogens with zero attached hydrogens (tertiary/aromatic N) is 1. The Morgan fingerprint density at radius 1 is 0.609 bits per heavy atom. The summed E-state index contributed by atoms with van der Waals surface area (Å²) in [5.74, 6) is -13.8. The van der Waals surface area contributed by atoms with Crippen molar-refractivity contribution in [2.24, 2.45) is 11.7 Å². The molecule has 9 amide bonds. The molecule has 0 spiro atoms. The SMILES string of the molecule is CC(C)[C@H](O)[C@H]1NC(=O)[C@@H]2CCCN2C(=O)[C@H]([C@@H](O)c2ccccc2)NC(=O)CNC(=O)[C@H](CCC(=O)O)NC(=O)[C@H](c2ccc(O)cc2)NC(=O)[C@@H](N)[C@@H](C)OC(=O)[C@@H](Cc2ccccc2)NC(=O)[C@@H]([C@@H](O)c2ccc(O)cc2)NC(=O)CNC1=O. The van der Waals surface area contributed by atoms with E-state index in [9.17, 15) is 83.4 Å². The molecule has 28 heteroatoms. The van der Waals surface area contributed by atoms with Crippen molar-refractivity contribution < 1.29 is 88.1 Å². The fraction of sp³-hybridized carbons (Fsp3) is 0.407. The van der Waals surface area contributed by atoms with Crippen molar-refractivity contribution in [2.45, 2.75) is 126 Å². The van der Waals surface area contributed by atoms with Crippen LogP contribution in [0.25, 0.3) is 0 Å². The number of carbonyl (C=O) groups excluding carboxylic acids is 10. The molecule has 12 atom stereocenters. The number of rotatable bonds is 12. The number of phenolic OH excluding ortho intramolecular Hbond substituents is 2. The Kier molecular flexibility index (Phi) is 23.8. The maximum Gasteiger partial charge on any atom is 0.329 e. The zero-order valence-electron chi connectivity index (χ0n) is 47.7. The lowest BCUT2D eigenvalue weighted by Gasteiger charge is -2.33. The molecule has 2 aliphatic heterocycles. The number of ether oxygens (including phenoxy) is 1. The van der Waals surface area contributed by atoms with Crippen molar-refractivity contribution >= 4 is 65.1 Å². The molecule has 0 radical (unpaired) electrons. The summed E-state index contributed by atoms with van der Waals surface area (Å²) in [5, 5.41) is 83.6. The summed E-state index contributed by atoms with van der Waals surface area (Å²) in [7, 11) is 0. The van der Waals surface area contributed by atoms with E-state index in [1.165, 1.54) is 81.4 Å². The molecule has 0 saturated carbocycles. The highest BCUT2D eigenvalue weighted by Gasteiger charge is 2.43. The topological polar surface area (TPSA) is 444 Å². The lowest BCUT2D eigenvalue weighted by molar-refractivity contribution is -0.155. The minimum Gasteiger partial charge on any atom is -0.508 e. The maximum absolute atomic E-state index is 14.6. The molecule has 0 aromatic heterocycles. The molecule has 0 aliphatic carbocycles. The number of carboxylic acids is 1. The predicted molar refractivity (Wildman–Crippen MR) is 305 cm³/mol. The second-order valence-corrected chi connectivity index (χ2v) is 21.3. The van der Waals surface area contributed by atoms with Gasteiger partial charge in [-0.25, -0.2) is 4.79 Å². The Labute approximate surface area is 499 Å². The van der Waals surface area contributed by atoms with Crippen LogP contribution in [0.4, 0.5) is 0 Å². The van der Waals surface area contributed by atoms with Gasteiger partial charge in [-0.2, -0.15) is 0 Å². The summed E-state index contributed by atoms with van der Waals surface area (Å²) in [6.07, 6.45) is -8.38. The van der Waals surface area contributed by atoms with Gasteiger partial charge >= 0.3 is 11.9 Å². The number of cyclic esters (lactones) is 1. The molecule has 0 unspecified atom stereocenters. The minimum atomic E-state index is -1.99. The molecule has 0 bridgehead atoms. The highest BCUT2D eigenvalue weighted by atomic mass is 16.5. The Morgan fingerprint density at radius 2 is 1.15 bits per heavy atom. The molecular weight excluding hydrogens is 1140 g/mol. The van der Waals surface area contributed by atoms with E-state index < -0.39 is 170 Å². The zero-order valence-corrected chi connectivity index (χ0v) is 47.7. The van der Waals surface area contributed by atoms with Crippen molar-refractivity contribution in [1.82, 2.24) is 47.4 Å². The van der Waals surface area contributed by atoms with Gasteiger partial charge in [0, 0.05) is 19.4 Å². The van der Waals surface area contributed by atoms with E-state index in [0.717, 1.165) is 17.0 Å². The summed E-state index contributed by atoms with van der Waals surface area (Å²) in [5.41, 5.74) is 6.91. The number of nitrogens with two attached hydrogens (primary N) is 1. The second-order valence-electron chi connectivity index (χ2n) is 21.3.